The Hall–Kier alpha value is -4.33. The quantitative estimate of drug-likeness (QED) is 0.297. The molecule has 0 aliphatic carbocycles. The zero-order valence-corrected chi connectivity index (χ0v) is 19.5. The minimum atomic E-state index is -0.657. The van der Waals surface area contributed by atoms with Crippen molar-refractivity contribution in [2.24, 2.45) is 0 Å². The number of rotatable bonds is 0. The molecule has 3 N–H and O–H groups in total. The number of nitrogens with one attached hydrogen (secondary N) is 3. The number of benzene rings is 2. The number of carbonyl (C=O) groups excluding carboxylic acids is 1. The fourth-order valence-corrected chi connectivity index (χ4v) is 4.07. The van der Waals surface area contributed by atoms with E-state index in [9.17, 15) is 9.18 Å². The third-order valence-electron chi connectivity index (χ3n) is 5.98. The number of carbonyl (C=O) groups is 1. The van der Waals surface area contributed by atoms with Crippen LogP contribution in [-0.2, 0) is 6.42 Å². The molecule has 0 unspecified atom stereocenters. The number of amides is 1. The molecular formula is C27H25FN6O. The SMILES string of the molecule is Cc1cc2ccc1C(=O)NCCCc1cccc(c1)Nc1nc(ncc1C)Nc1cc-2cnc1F. The Bertz CT molecular complexity index is 1420. The van der Waals surface area contributed by atoms with Crippen molar-refractivity contribution in [3.8, 4) is 11.1 Å². The first-order chi connectivity index (χ1) is 17.0. The lowest BCUT2D eigenvalue weighted by Gasteiger charge is -2.14. The van der Waals surface area contributed by atoms with E-state index in [0.717, 1.165) is 40.8 Å². The molecule has 0 saturated heterocycles. The molecule has 2 aliphatic heterocycles. The van der Waals surface area contributed by atoms with Gasteiger partial charge in [0, 0.05) is 41.3 Å². The zero-order chi connectivity index (χ0) is 24.4. The fourth-order valence-electron chi connectivity index (χ4n) is 4.07. The molecule has 7 nitrogen and oxygen atoms in total. The molecule has 0 fully saturated rings. The second-order valence-corrected chi connectivity index (χ2v) is 8.63. The largest absolute Gasteiger partial charge is 0.352 e. The van der Waals surface area contributed by atoms with E-state index in [1.807, 2.05) is 38.1 Å². The van der Waals surface area contributed by atoms with E-state index in [2.05, 4.69) is 43.0 Å². The van der Waals surface area contributed by atoms with Crippen LogP contribution < -0.4 is 16.0 Å². The second kappa shape index (κ2) is 9.50. The second-order valence-electron chi connectivity index (χ2n) is 8.63. The molecule has 8 heteroatoms. The van der Waals surface area contributed by atoms with Gasteiger partial charge in [-0.3, -0.25) is 4.79 Å². The lowest BCUT2D eigenvalue weighted by Crippen LogP contribution is -2.25. The first kappa shape index (κ1) is 22.5. The van der Waals surface area contributed by atoms with Crippen molar-refractivity contribution in [1.29, 1.82) is 0 Å². The third-order valence-corrected chi connectivity index (χ3v) is 5.98. The number of aromatic nitrogens is 3. The molecule has 4 aromatic rings. The van der Waals surface area contributed by atoms with Gasteiger partial charge < -0.3 is 16.0 Å². The highest BCUT2D eigenvalue weighted by Gasteiger charge is 2.14. The highest BCUT2D eigenvalue weighted by atomic mass is 19.1. The van der Waals surface area contributed by atoms with Crippen LogP contribution in [0.2, 0.25) is 0 Å². The van der Waals surface area contributed by atoms with Gasteiger partial charge in [0.25, 0.3) is 5.91 Å². The molecule has 0 atom stereocenters. The van der Waals surface area contributed by atoms with Crippen LogP contribution in [0.5, 0.6) is 0 Å². The van der Waals surface area contributed by atoms with Gasteiger partial charge in [-0.05, 0) is 67.6 Å². The van der Waals surface area contributed by atoms with Crippen molar-refractivity contribution in [2.75, 3.05) is 17.2 Å². The van der Waals surface area contributed by atoms with E-state index in [-0.39, 0.29) is 17.5 Å². The number of aryl methyl sites for hydroxylation is 3. The minimum Gasteiger partial charge on any atom is -0.352 e. The van der Waals surface area contributed by atoms with E-state index in [1.54, 1.807) is 18.3 Å². The number of hydrogen-bond acceptors (Lipinski definition) is 6. The zero-order valence-electron chi connectivity index (χ0n) is 19.5. The molecule has 6 rings (SSSR count). The van der Waals surface area contributed by atoms with Crippen molar-refractivity contribution in [3.63, 3.8) is 0 Å². The van der Waals surface area contributed by atoms with Gasteiger partial charge in [-0.15, -0.1) is 0 Å². The molecule has 0 saturated carbocycles. The number of halogens is 1. The average molecular weight is 469 g/mol. The van der Waals surface area contributed by atoms with Crippen molar-refractivity contribution >= 4 is 29.0 Å². The Morgan fingerprint density at radius 2 is 1.80 bits per heavy atom. The molecule has 0 spiro atoms. The van der Waals surface area contributed by atoms with E-state index in [0.29, 0.717) is 23.5 Å². The lowest BCUT2D eigenvalue weighted by molar-refractivity contribution is 0.0952. The van der Waals surface area contributed by atoms with Crippen LogP contribution in [0, 0.1) is 19.8 Å². The van der Waals surface area contributed by atoms with Crippen molar-refractivity contribution in [1.82, 2.24) is 20.3 Å². The van der Waals surface area contributed by atoms with Crippen LogP contribution >= 0.6 is 0 Å². The molecule has 1 amide bonds. The maximum atomic E-state index is 14.6. The van der Waals surface area contributed by atoms with E-state index < -0.39 is 5.95 Å². The number of hydrogen-bond donors (Lipinski definition) is 3. The maximum absolute atomic E-state index is 14.6. The van der Waals surface area contributed by atoms with Crippen LogP contribution in [0.25, 0.3) is 11.1 Å². The Labute approximate surface area is 202 Å². The fraction of sp³-hybridized carbons (Fsp3) is 0.185. The van der Waals surface area contributed by atoms with E-state index in [4.69, 9.17) is 0 Å². The van der Waals surface area contributed by atoms with Crippen molar-refractivity contribution < 1.29 is 9.18 Å². The molecular weight excluding hydrogens is 443 g/mol. The van der Waals surface area contributed by atoms with Gasteiger partial charge in [0.2, 0.25) is 11.9 Å². The summed E-state index contributed by atoms with van der Waals surface area (Å²) in [6.07, 6.45) is 4.80. The van der Waals surface area contributed by atoms with E-state index >= 15 is 0 Å². The van der Waals surface area contributed by atoms with Gasteiger partial charge in [0.05, 0.1) is 5.69 Å². The predicted octanol–water partition coefficient (Wildman–Crippen LogP) is 5.46. The molecule has 8 bridgehead atoms. The topological polar surface area (TPSA) is 91.8 Å². The third kappa shape index (κ3) is 4.96. The smallest absolute Gasteiger partial charge is 0.251 e. The van der Waals surface area contributed by atoms with E-state index in [1.165, 1.54) is 6.20 Å². The van der Waals surface area contributed by atoms with Gasteiger partial charge in [-0.25, -0.2) is 9.97 Å². The van der Waals surface area contributed by atoms with Crippen molar-refractivity contribution in [3.05, 3.63) is 89.1 Å². The molecule has 35 heavy (non-hydrogen) atoms. The number of anilines is 4. The van der Waals surface area contributed by atoms with Crippen LogP contribution in [0.3, 0.4) is 0 Å². The maximum Gasteiger partial charge on any atom is 0.251 e. The van der Waals surface area contributed by atoms with Crippen LogP contribution in [0.15, 0.2) is 60.9 Å². The Kier molecular flexibility index (Phi) is 6.10. The first-order valence-corrected chi connectivity index (χ1v) is 11.5. The number of fused-ring (bicyclic) bond motifs is 6. The normalized spacial score (nSPS) is 13.4. The molecule has 0 radical (unpaired) electrons. The van der Waals surface area contributed by atoms with Gasteiger partial charge in [0.1, 0.15) is 5.82 Å². The predicted molar refractivity (Wildman–Crippen MR) is 135 cm³/mol. The Morgan fingerprint density at radius 3 is 2.66 bits per heavy atom. The molecule has 2 aliphatic rings. The summed E-state index contributed by atoms with van der Waals surface area (Å²) in [5.74, 6) is 0.112. The standard InChI is InChI=1S/C27H25FN6O/c1-16-11-19-8-9-22(16)26(35)29-10-4-6-18-5-3-7-21(12-18)32-25-17(2)14-31-27(34-25)33-23-13-20(19)15-30-24(23)28/h3,5,7-9,11-15H,4,6,10H2,1-2H3,(H,29,35)(H2,31,32,33,34). The summed E-state index contributed by atoms with van der Waals surface area (Å²) in [6.45, 7) is 4.37. The molecule has 2 aromatic heterocycles. The average Bonchev–Trinajstić information content (AvgIpc) is 2.85. The van der Waals surface area contributed by atoms with Gasteiger partial charge >= 0.3 is 0 Å². The van der Waals surface area contributed by atoms with Gasteiger partial charge in [-0.1, -0.05) is 24.3 Å². The monoisotopic (exact) mass is 468 g/mol. The summed E-state index contributed by atoms with van der Waals surface area (Å²) in [4.78, 5) is 25.5. The molecule has 2 aromatic carbocycles. The number of nitrogens with zero attached hydrogens (tertiary/aromatic N) is 3. The lowest BCUT2D eigenvalue weighted by atomic mass is 10.00. The summed E-state index contributed by atoms with van der Waals surface area (Å²) in [5, 5.41) is 9.30. The summed E-state index contributed by atoms with van der Waals surface area (Å²) in [6, 6.07) is 15.3. The Balaban J connectivity index is 1.57. The summed E-state index contributed by atoms with van der Waals surface area (Å²) in [5.41, 5.74) is 6.03. The Morgan fingerprint density at radius 1 is 0.914 bits per heavy atom. The minimum absolute atomic E-state index is 0.107. The highest BCUT2D eigenvalue weighted by Crippen LogP contribution is 2.28. The molecule has 176 valence electrons. The summed E-state index contributed by atoms with van der Waals surface area (Å²) in [7, 11) is 0. The summed E-state index contributed by atoms with van der Waals surface area (Å²) < 4.78 is 14.6. The first-order valence-electron chi connectivity index (χ1n) is 11.5. The summed E-state index contributed by atoms with van der Waals surface area (Å²) >= 11 is 0. The van der Waals surface area contributed by atoms with Crippen LogP contribution in [0.4, 0.5) is 27.5 Å². The van der Waals surface area contributed by atoms with Crippen molar-refractivity contribution in [2.45, 2.75) is 26.7 Å². The number of pyridine rings is 1. The molecule has 4 heterocycles. The van der Waals surface area contributed by atoms with Gasteiger partial charge in [-0.2, -0.15) is 9.37 Å². The van der Waals surface area contributed by atoms with Crippen LogP contribution in [-0.4, -0.2) is 27.4 Å². The van der Waals surface area contributed by atoms with Crippen LogP contribution in [0.1, 0.15) is 33.5 Å². The highest BCUT2D eigenvalue weighted by molar-refractivity contribution is 5.96. The van der Waals surface area contributed by atoms with Gasteiger partial charge in [0.15, 0.2) is 0 Å².